The second-order valence-electron chi connectivity index (χ2n) is 5.65. The van der Waals surface area contributed by atoms with Crippen LogP contribution in [0, 0.1) is 5.92 Å². The van der Waals surface area contributed by atoms with Gasteiger partial charge in [0.1, 0.15) is 5.75 Å². The lowest BCUT2D eigenvalue weighted by molar-refractivity contribution is -0.144. The number of nitrogens with two attached hydrogens (primary N) is 1. The van der Waals surface area contributed by atoms with Crippen LogP contribution in [0.4, 0.5) is 0 Å². The third-order valence-electron chi connectivity index (χ3n) is 4.89. The fourth-order valence-corrected chi connectivity index (χ4v) is 3.43. The molecule has 21 heavy (non-hydrogen) atoms. The van der Waals surface area contributed by atoms with Crippen LogP contribution in [0.25, 0.3) is 0 Å². The Hall–Kier alpha value is -1.55. The predicted molar refractivity (Wildman–Crippen MR) is 84.4 cm³/mol. The van der Waals surface area contributed by atoms with Crippen LogP contribution in [0.3, 0.4) is 0 Å². The minimum atomic E-state index is -0.463. The number of likely N-dealkylation sites (N-methyl/N-ethyl adjacent to an activating group) is 1. The average Bonchev–Trinajstić information content (AvgIpc) is 2.49. The van der Waals surface area contributed by atoms with Gasteiger partial charge in [-0.15, -0.1) is 0 Å². The van der Waals surface area contributed by atoms with E-state index in [1.165, 1.54) is 0 Å². The SMILES string of the molecule is CCN(CC)C(=O)[C@@]1(c2cccc(OC)c2)CC[C@H]1CN. The van der Waals surface area contributed by atoms with Crippen LogP contribution in [-0.2, 0) is 10.2 Å². The summed E-state index contributed by atoms with van der Waals surface area (Å²) in [6.45, 7) is 6.06. The molecular formula is C17H26N2O2. The molecule has 4 heteroatoms. The molecule has 4 nitrogen and oxygen atoms in total. The van der Waals surface area contributed by atoms with Crippen molar-refractivity contribution in [2.75, 3.05) is 26.7 Å². The number of ether oxygens (including phenoxy) is 1. The summed E-state index contributed by atoms with van der Waals surface area (Å²) in [5.41, 5.74) is 6.52. The van der Waals surface area contributed by atoms with Gasteiger partial charge in [0.15, 0.2) is 0 Å². The first-order valence-electron chi connectivity index (χ1n) is 7.78. The highest BCUT2D eigenvalue weighted by Crippen LogP contribution is 2.50. The molecule has 0 saturated heterocycles. The standard InChI is InChI=1S/C17H26N2O2/c1-4-19(5-2)16(20)17(10-9-14(17)12-18)13-7-6-8-15(11-13)21-3/h6-8,11,14H,4-5,9-10,12,18H2,1-3H3/t14-,17+/m0/s1. The zero-order valence-corrected chi connectivity index (χ0v) is 13.3. The number of nitrogens with zero attached hydrogens (tertiary/aromatic N) is 1. The predicted octanol–water partition coefficient (Wildman–Crippen LogP) is 2.17. The summed E-state index contributed by atoms with van der Waals surface area (Å²) in [6, 6.07) is 7.89. The van der Waals surface area contributed by atoms with Crippen LogP contribution in [-0.4, -0.2) is 37.6 Å². The smallest absolute Gasteiger partial charge is 0.233 e. The molecule has 1 aromatic carbocycles. The fourth-order valence-electron chi connectivity index (χ4n) is 3.43. The van der Waals surface area contributed by atoms with E-state index in [0.717, 1.165) is 37.2 Å². The van der Waals surface area contributed by atoms with Gasteiger partial charge in [-0.3, -0.25) is 4.79 Å². The van der Waals surface area contributed by atoms with Crippen molar-refractivity contribution in [1.82, 2.24) is 4.90 Å². The van der Waals surface area contributed by atoms with E-state index < -0.39 is 5.41 Å². The van der Waals surface area contributed by atoms with Crippen molar-refractivity contribution in [3.63, 3.8) is 0 Å². The number of methoxy groups -OCH3 is 1. The van der Waals surface area contributed by atoms with E-state index in [2.05, 4.69) is 0 Å². The highest BCUT2D eigenvalue weighted by atomic mass is 16.5. The number of rotatable bonds is 6. The Bertz CT molecular complexity index is 497. The molecule has 2 rings (SSSR count). The van der Waals surface area contributed by atoms with Crippen molar-refractivity contribution in [3.8, 4) is 5.75 Å². The molecule has 1 aliphatic carbocycles. The largest absolute Gasteiger partial charge is 0.497 e. The summed E-state index contributed by atoms with van der Waals surface area (Å²) >= 11 is 0. The molecule has 0 bridgehead atoms. The molecule has 1 saturated carbocycles. The molecule has 0 aromatic heterocycles. The first-order valence-corrected chi connectivity index (χ1v) is 7.78. The maximum atomic E-state index is 13.1. The lowest BCUT2D eigenvalue weighted by Gasteiger charge is -2.50. The highest BCUT2D eigenvalue weighted by molar-refractivity contribution is 5.90. The van der Waals surface area contributed by atoms with Gasteiger partial charge in [-0.2, -0.15) is 0 Å². The van der Waals surface area contributed by atoms with Gasteiger partial charge >= 0.3 is 0 Å². The molecule has 2 atom stereocenters. The van der Waals surface area contributed by atoms with Crippen molar-refractivity contribution < 1.29 is 9.53 Å². The first kappa shape index (κ1) is 15.8. The Morgan fingerprint density at radius 3 is 2.62 bits per heavy atom. The summed E-state index contributed by atoms with van der Waals surface area (Å²) in [7, 11) is 1.65. The number of amides is 1. The third-order valence-corrected chi connectivity index (χ3v) is 4.89. The zero-order chi connectivity index (χ0) is 15.5. The third kappa shape index (κ3) is 2.53. The van der Waals surface area contributed by atoms with Gasteiger partial charge in [-0.1, -0.05) is 12.1 Å². The van der Waals surface area contributed by atoms with Crippen molar-refractivity contribution >= 4 is 5.91 Å². The number of hydrogen-bond acceptors (Lipinski definition) is 3. The van der Waals surface area contributed by atoms with E-state index in [0.29, 0.717) is 6.54 Å². The maximum absolute atomic E-state index is 13.1. The van der Waals surface area contributed by atoms with Crippen LogP contribution >= 0.6 is 0 Å². The number of hydrogen-bond donors (Lipinski definition) is 1. The minimum absolute atomic E-state index is 0.211. The number of benzene rings is 1. The monoisotopic (exact) mass is 290 g/mol. The lowest BCUT2D eigenvalue weighted by atomic mass is 9.55. The Balaban J connectivity index is 2.45. The van der Waals surface area contributed by atoms with E-state index >= 15 is 0 Å². The summed E-state index contributed by atoms with van der Waals surface area (Å²) in [5, 5.41) is 0. The Labute approximate surface area is 127 Å². The molecule has 0 aliphatic heterocycles. The molecule has 0 spiro atoms. The lowest BCUT2D eigenvalue weighted by Crippen LogP contribution is -2.58. The highest BCUT2D eigenvalue weighted by Gasteiger charge is 2.54. The van der Waals surface area contributed by atoms with Gasteiger partial charge in [0.05, 0.1) is 12.5 Å². The zero-order valence-electron chi connectivity index (χ0n) is 13.3. The second kappa shape index (κ2) is 6.48. The molecule has 0 unspecified atom stereocenters. The van der Waals surface area contributed by atoms with Crippen molar-refractivity contribution in [3.05, 3.63) is 29.8 Å². The van der Waals surface area contributed by atoms with Crippen LogP contribution < -0.4 is 10.5 Å². The molecule has 1 aliphatic rings. The fraction of sp³-hybridized carbons (Fsp3) is 0.588. The Morgan fingerprint density at radius 1 is 1.43 bits per heavy atom. The molecule has 0 radical (unpaired) electrons. The van der Waals surface area contributed by atoms with Gasteiger partial charge in [-0.05, 0) is 56.8 Å². The summed E-state index contributed by atoms with van der Waals surface area (Å²) in [4.78, 5) is 15.0. The van der Waals surface area contributed by atoms with Gasteiger partial charge < -0.3 is 15.4 Å². The van der Waals surface area contributed by atoms with E-state index in [9.17, 15) is 4.79 Å². The molecular weight excluding hydrogens is 264 g/mol. The van der Waals surface area contributed by atoms with E-state index in [4.69, 9.17) is 10.5 Å². The first-order chi connectivity index (χ1) is 10.1. The summed E-state index contributed by atoms with van der Waals surface area (Å²) in [6.07, 6.45) is 1.89. The van der Waals surface area contributed by atoms with Gasteiger partial charge in [0.2, 0.25) is 5.91 Å². The van der Waals surface area contributed by atoms with Crippen LogP contribution in [0.1, 0.15) is 32.3 Å². The van der Waals surface area contributed by atoms with Gasteiger partial charge in [-0.25, -0.2) is 0 Å². The molecule has 2 N–H and O–H groups in total. The Morgan fingerprint density at radius 2 is 2.14 bits per heavy atom. The van der Waals surface area contributed by atoms with Gasteiger partial charge in [0, 0.05) is 13.1 Å². The van der Waals surface area contributed by atoms with Crippen molar-refractivity contribution in [2.45, 2.75) is 32.1 Å². The number of carbonyl (C=O) groups excluding carboxylic acids is 1. The molecule has 116 valence electrons. The molecule has 1 amide bonds. The van der Waals surface area contributed by atoms with E-state index in [1.807, 2.05) is 43.0 Å². The topological polar surface area (TPSA) is 55.6 Å². The van der Waals surface area contributed by atoms with Crippen LogP contribution in [0.5, 0.6) is 5.75 Å². The normalized spacial score (nSPS) is 24.3. The van der Waals surface area contributed by atoms with Gasteiger partial charge in [0.25, 0.3) is 0 Å². The second-order valence-corrected chi connectivity index (χ2v) is 5.65. The average molecular weight is 290 g/mol. The van der Waals surface area contributed by atoms with Crippen molar-refractivity contribution in [1.29, 1.82) is 0 Å². The Kier molecular flexibility index (Phi) is 4.88. The summed E-state index contributed by atoms with van der Waals surface area (Å²) < 4.78 is 5.32. The minimum Gasteiger partial charge on any atom is -0.497 e. The molecule has 1 aromatic rings. The summed E-state index contributed by atoms with van der Waals surface area (Å²) in [5.74, 6) is 1.22. The van der Waals surface area contributed by atoms with E-state index in [-0.39, 0.29) is 11.8 Å². The van der Waals surface area contributed by atoms with Crippen LogP contribution in [0.2, 0.25) is 0 Å². The van der Waals surface area contributed by atoms with E-state index in [1.54, 1.807) is 7.11 Å². The van der Waals surface area contributed by atoms with Crippen LogP contribution in [0.15, 0.2) is 24.3 Å². The number of carbonyl (C=O) groups is 1. The maximum Gasteiger partial charge on any atom is 0.233 e. The molecule has 0 heterocycles. The van der Waals surface area contributed by atoms with Crippen molar-refractivity contribution in [2.24, 2.45) is 11.7 Å². The molecule has 1 fully saturated rings. The quantitative estimate of drug-likeness (QED) is 0.873.